The van der Waals surface area contributed by atoms with Crippen LogP contribution in [0, 0.1) is 0 Å². The van der Waals surface area contributed by atoms with Gasteiger partial charge < -0.3 is 24.6 Å². The van der Waals surface area contributed by atoms with Gasteiger partial charge >= 0.3 is 0 Å². The average Bonchev–Trinajstić information content (AvgIpc) is 2.98. The second-order valence-electron chi connectivity index (χ2n) is 7.10. The number of aromatic nitrogens is 3. The first kappa shape index (κ1) is 19.2. The van der Waals surface area contributed by atoms with E-state index in [1.165, 1.54) is 0 Å². The molecule has 0 atom stereocenters. The summed E-state index contributed by atoms with van der Waals surface area (Å²) < 4.78 is 11.0. The third-order valence-electron chi connectivity index (χ3n) is 5.13. The van der Waals surface area contributed by atoms with Gasteiger partial charge in [-0.1, -0.05) is 0 Å². The number of likely N-dealkylation sites (N-methyl/N-ethyl adjacent to an activating group) is 1. The second-order valence-corrected chi connectivity index (χ2v) is 7.10. The van der Waals surface area contributed by atoms with Gasteiger partial charge in [0.15, 0.2) is 11.5 Å². The van der Waals surface area contributed by atoms with E-state index >= 15 is 0 Å². The van der Waals surface area contributed by atoms with Crippen molar-refractivity contribution in [3.05, 3.63) is 36.7 Å². The van der Waals surface area contributed by atoms with Gasteiger partial charge in [0, 0.05) is 49.2 Å². The van der Waals surface area contributed by atoms with Crippen LogP contribution in [-0.4, -0.2) is 67.3 Å². The predicted octanol–water partition coefficient (Wildman–Crippen LogP) is 2.93. The molecule has 0 bridgehead atoms. The first-order valence-electron chi connectivity index (χ1n) is 9.72. The number of hydrogen-bond donors (Lipinski definition) is 1. The fourth-order valence-electron chi connectivity index (χ4n) is 3.50. The Morgan fingerprint density at radius 3 is 2.45 bits per heavy atom. The maximum atomic E-state index is 5.49. The van der Waals surface area contributed by atoms with Gasteiger partial charge in [0.2, 0.25) is 5.95 Å². The monoisotopic (exact) mass is 394 g/mol. The Bertz CT molecular complexity index is 982. The minimum Gasteiger partial charge on any atom is -0.493 e. The molecule has 0 spiro atoms. The van der Waals surface area contributed by atoms with Crippen molar-refractivity contribution in [2.24, 2.45) is 0 Å². The Balaban J connectivity index is 1.82. The largest absolute Gasteiger partial charge is 0.493 e. The normalized spacial score (nSPS) is 15.2. The molecule has 1 N–H and O–H groups in total. The van der Waals surface area contributed by atoms with E-state index in [9.17, 15) is 0 Å². The predicted molar refractivity (Wildman–Crippen MR) is 114 cm³/mol. The summed E-state index contributed by atoms with van der Waals surface area (Å²) >= 11 is 0. The Labute approximate surface area is 170 Å². The van der Waals surface area contributed by atoms with Gasteiger partial charge in [0.05, 0.1) is 19.7 Å². The van der Waals surface area contributed by atoms with Crippen molar-refractivity contribution in [1.29, 1.82) is 0 Å². The molecule has 29 heavy (non-hydrogen) atoms. The van der Waals surface area contributed by atoms with Crippen LogP contribution in [-0.2, 0) is 0 Å². The molecular formula is C21H26N6O2. The topological polar surface area (TPSA) is 75.6 Å². The molecule has 1 aliphatic heterocycles. The molecule has 152 valence electrons. The van der Waals surface area contributed by atoms with E-state index in [2.05, 4.69) is 27.1 Å². The highest BCUT2D eigenvalue weighted by molar-refractivity contribution is 5.94. The van der Waals surface area contributed by atoms with E-state index in [0.717, 1.165) is 61.0 Å². The van der Waals surface area contributed by atoms with Crippen molar-refractivity contribution in [3.8, 4) is 11.5 Å². The Hall–Kier alpha value is -3.13. The lowest BCUT2D eigenvalue weighted by Crippen LogP contribution is -2.30. The van der Waals surface area contributed by atoms with Gasteiger partial charge in [-0.15, -0.1) is 0 Å². The van der Waals surface area contributed by atoms with Gasteiger partial charge in [-0.2, -0.15) is 4.98 Å². The Kier molecular flexibility index (Phi) is 5.62. The molecule has 8 heteroatoms. The second kappa shape index (κ2) is 8.48. The molecule has 4 rings (SSSR count). The molecule has 0 unspecified atom stereocenters. The summed E-state index contributed by atoms with van der Waals surface area (Å²) in [7, 11) is 5.41. The van der Waals surface area contributed by atoms with Gasteiger partial charge in [-0.25, -0.2) is 4.98 Å². The summed E-state index contributed by atoms with van der Waals surface area (Å²) in [5, 5.41) is 4.29. The highest BCUT2D eigenvalue weighted by Crippen LogP contribution is 2.36. The van der Waals surface area contributed by atoms with Crippen LogP contribution in [0.5, 0.6) is 11.5 Å². The zero-order valence-corrected chi connectivity index (χ0v) is 17.1. The number of fused-ring (bicyclic) bond motifs is 1. The highest BCUT2D eigenvalue weighted by Gasteiger charge is 2.19. The first-order valence-corrected chi connectivity index (χ1v) is 9.72. The van der Waals surface area contributed by atoms with Crippen LogP contribution < -0.4 is 19.7 Å². The van der Waals surface area contributed by atoms with E-state index in [1.54, 1.807) is 26.6 Å². The molecule has 1 fully saturated rings. The van der Waals surface area contributed by atoms with E-state index in [-0.39, 0.29) is 0 Å². The third kappa shape index (κ3) is 4.17. The summed E-state index contributed by atoms with van der Waals surface area (Å²) in [5.41, 5.74) is 1.72. The van der Waals surface area contributed by atoms with Crippen molar-refractivity contribution < 1.29 is 9.47 Å². The fraction of sp³-hybridized carbons (Fsp3) is 0.381. The van der Waals surface area contributed by atoms with Crippen molar-refractivity contribution >= 4 is 28.4 Å². The van der Waals surface area contributed by atoms with Crippen LogP contribution in [0.4, 0.5) is 17.5 Å². The lowest BCUT2D eigenvalue weighted by molar-refractivity contribution is 0.356. The molecule has 3 heterocycles. The molecule has 3 aromatic rings. The standard InChI is InChI=1S/C21H26N6O2/c1-26-9-4-10-27(12-11-26)21-24-17-14-19(29-3)18(28-2)13-16(17)20(25-21)23-15-5-7-22-8-6-15/h5-8,13-14H,4,9-12H2,1-3H3,(H,22,23,24,25). The van der Waals surface area contributed by atoms with Crippen LogP contribution in [0.25, 0.3) is 10.9 Å². The van der Waals surface area contributed by atoms with Crippen LogP contribution >= 0.6 is 0 Å². The van der Waals surface area contributed by atoms with E-state index < -0.39 is 0 Å². The number of anilines is 3. The van der Waals surface area contributed by atoms with Gasteiger partial charge in [0.25, 0.3) is 0 Å². The smallest absolute Gasteiger partial charge is 0.227 e. The van der Waals surface area contributed by atoms with Crippen LogP contribution in [0.15, 0.2) is 36.7 Å². The quantitative estimate of drug-likeness (QED) is 0.708. The minimum atomic E-state index is 0.644. The zero-order chi connectivity index (χ0) is 20.2. The van der Waals surface area contributed by atoms with Crippen LogP contribution in [0.2, 0.25) is 0 Å². The molecule has 8 nitrogen and oxygen atoms in total. The van der Waals surface area contributed by atoms with Crippen LogP contribution in [0.1, 0.15) is 6.42 Å². The average molecular weight is 394 g/mol. The maximum Gasteiger partial charge on any atom is 0.227 e. The molecule has 1 saturated heterocycles. The lowest BCUT2D eigenvalue weighted by Gasteiger charge is -2.22. The number of nitrogens with zero attached hydrogens (tertiary/aromatic N) is 5. The minimum absolute atomic E-state index is 0.644. The van der Waals surface area contributed by atoms with Gasteiger partial charge in [-0.3, -0.25) is 4.98 Å². The highest BCUT2D eigenvalue weighted by atomic mass is 16.5. The van der Waals surface area contributed by atoms with Crippen molar-refractivity contribution in [1.82, 2.24) is 19.9 Å². The molecule has 2 aromatic heterocycles. The molecule has 0 saturated carbocycles. The number of ether oxygens (including phenoxy) is 2. The summed E-state index contributed by atoms with van der Waals surface area (Å²) in [4.78, 5) is 18.4. The molecule has 0 radical (unpaired) electrons. The summed E-state index contributed by atoms with van der Waals surface area (Å²) in [5.74, 6) is 2.74. The molecule has 1 aliphatic rings. The van der Waals surface area contributed by atoms with E-state index in [1.807, 2.05) is 24.3 Å². The lowest BCUT2D eigenvalue weighted by atomic mass is 10.2. The van der Waals surface area contributed by atoms with Crippen molar-refractivity contribution in [2.75, 3.05) is 57.7 Å². The number of pyridine rings is 1. The first-order chi connectivity index (χ1) is 14.2. The maximum absolute atomic E-state index is 5.49. The molecular weight excluding hydrogens is 368 g/mol. The SMILES string of the molecule is COc1cc2nc(N3CCCN(C)CC3)nc(Nc3ccncc3)c2cc1OC. The number of hydrogen-bond acceptors (Lipinski definition) is 8. The number of benzene rings is 1. The molecule has 1 aromatic carbocycles. The summed E-state index contributed by atoms with van der Waals surface area (Å²) in [6, 6.07) is 7.64. The van der Waals surface area contributed by atoms with Crippen molar-refractivity contribution in [3.63, 3.8) is 0 Å². The fourth-order valence-corrected chi connectivity index (χ4v) is 3.50. The molecule has 0 aliphatic carbocycles. The number of nitrogens with one attached hydrogen (secondary N) is 1. The van der Waals surface area contributed by atoms with Gasteiger partial charge in [0.1, 0.15) is 5.82 Å². The van der Waals surface area contributed by atoms with Gasteiger partial charge in [-0.05, 0) is 38.2 Å². The van der Waals surface area contributed by atoms with E-state index in [4.69, 9.17) is 19.4 Å². The Morgan fingerprint density at radius 1 is 0.931 bits per heavy atom. The van der Waals surface area contributed by atoms with Crippen molar-refractivity contribution in [2.45, 2.75) is 6.42 Å². The summed E-state index contributed by atoms with van der Waals surface area (Å²) in [6.45, 7) is 3.89. The Morgan fingerprint density at radius 2 is 1.69 bits per heavy atom. The summed E-state index contributed by atoms with van der Waals surface area (Å²) in [6.07, 6.45) is 4.58. The zero-order valence-electron chi connectivity index (χ0n) is 17.1. The number of methoxy groups -OCH3 is 2. The third-order valence-corrected chi connectivity index (χ3v) is 5.13. The number of rotatable bonds is 5. The van der Waals surface area contributed by atoms with E-state index in [0.29, 0.717) is 11.5 Å². The van der Waals surface area contributed by atoms with Crippen LogP contribution in [0.3, 0.4) is 0 Å². The molecule has 0 amide bonds.